The summed E-state index contributed by atoms with van der Waals surface area (Å²) in [6, 6.07) is 18.1. The summed E-state index contributed by atoms with van der Waals surface area (Å²) in [5, 5.41) is 3.65. The molecule has 1 N–H and O–H groups in total. The molecule has 4 atom stereocenters. The van der Waals surface area contributed by atoms with Gasteiger partial charge in [-0.1, -0.05) is 36.4 Å². The highest BCUT2D eigenvalue weighted by atomic mass is 16.5. The summed E-state index contributed by atoms with van der Waals surface area (Å²) in [7, 11) is 1.74. The van der Waals surface area contributed by atoms with Crippen LogP contribution in [0.25, 0.3) is 0 Å². The fourth-order valence-electron chi connectivity index (χ4n) is 5.79. The van der Waals surface area contributed by atoms with E-state index in [1.54, 1.807) is 18.2 Å². The number of hydrogen-bond acceptors (Lipinski definition) is 2. The molecule has 3 aliphatic carbocycles. The van der Waals surface area contributed by atoms with Crippen molar-refractivity contribution in [2.75, 3.05) is 20.2 Å². The molecule has 1 saturated carbocycles. The second-order valence-corrected chi connectivity index (χ2v) is 7.90. The van der Waals surface area contributed by atoms with Crippen molar-refractivity contribution in [1.82, 2.24) is 5.32 Å². The minimum Gasteiger partial charge on any atom is -0.497 e. The Labute approximate surface area is 144 Å². The number of fused-ring (bicyclic) bond motifs is 1. The van der Waals surface area contributed by atoms with E-state index in [-0.39, 0.29) is 0 Å². The van der Waals surface area contributed by atoms with E-state index in [9.17, 15) is 0 Å². The van der Waals surface area contributed by atoms with Crippen molar-refractivity contribution in [2.24, 2.45) is 5.41 Å². The van der Waals surface area contributed by atoms with Crippen LogP contribution in [0.4, 0.5) is 0 Å². The van der Waals surface area contributed by atoms with E-state index < -0.39 is 0 Å². The van der Waals surface area contributed by atoms with Gasteiger partial charge in [-0.25, -0.2) is 0 Å². The van der Waals surface area contributed by atoms with Crippen molar-refractivity contribution in [3.05, 3.63) is 65.2 Å². The fourth-order valence-corrected chi connectivity index (χ4v) is 5.79. The number of benzene rings is 2. The molecule has 0 unspecified atom stereocenters. The first-order valence-corrected chi connectivity index (χ1v) is 9.24. The summed E-state index contributed by atoms with van der Waals surface area (Å²) < 4.78 is 5.34. The standard InChI is InChI=1S/C22H25NO/c1-24-16-8-6-15(7-9-16)19-12-21-18-5-3-2-4-17(18)20(19)13-22(21)10-11-23-14-22/h2-9,19-21,23H,10-14H2,1H3/t19-,20-,21-,22-/m1/s1. The Hall–Kier alpha value is -1.80. The van der Waals surface area contributed by atoms with Gasteiger partial charge in [0.2, 0.25) is 0 Å². The molecule has 24 heavy (non-hydrogen) atoms. The Kier molecular flexibility index (Phi) is 3.24. The Morgan fingerprint density at radius 1 is 1.00 bits per heavy atom. The van der Waals surface area contributed by atoms with E-state index in [4.69, 9.17) is 4.74 Å². The quantitative estimate of drug-likeness (QED) is 0.884. The van der Waals surface area contributed by atoms with Gasteiger partial charge in [0.25, 0.3) is 0 Å². The van der Waals surface area contributed by atoms with E-state index in [0.717, 1.165) is 5.75 Å². The van der Waals surface area contributed by atoms with Gasteiger partial charge in [-0.15, -0.1) is 0 Å². The molecule has 2 fully saturated rings. The molecule has 1 saturated heterocycles. The lowest BCUT2D eigenvalue weighted by Gasteiger charge is -2.54. The van der Waals surface area contributed by atoms with Gasteiger partial charge in [-0.2, -0.15) is 0 Å². The summed E-state index contributed by atoms with van der Waals surface area (Å²) in [6.45, 7) is 2.40. The van der Waals surface area contributed by atoms with Gasteiger partial charge >= 0.3 is 0 Å². The summed E-state index contributed by atoms with van der Waals surface area (Å²) in [4.78, 5) is 0. The van der Waals surface area contributed by atoms with Crippen LogP contribution in [0, 0.1) is 5.41 Å². The number of ether oxygens (including phenoxy) is 1. The van der Waals surface area contributed by atoms with Crippen LogP contribution < -0.4 is 10.1 Å². The maximum Gasteiger partial charge on any atom is 0.118 e. The zero-order chi connectivity index (χ0) is 16.1. The molecule has 2 aromatic carbocycles. The summed E-state index contributed by atoms with van der Waals surface area (Å²) in [5.74, 6) is 2.99. The average Bonchev–Trinajstić information content (AvgIpc) is 3.10. The predicted octanol–water partition coefficient (Wildman–Crippen LogP) is 4.43. The Balaban J connectivity index is 1.57. The van der Waals surface area contributed by atoms with Crippen LogP contribution in [-0.2, 0) is 0 Å². The van der Waals surface area contributed by atoms with Crippen LogP contribution in [-0.4, -0.2) is 20.2 Å². The van der Waals surface area contributed by atoms with Gasteiger partial charge < -0.3 is 10.1 Å². The van der Waals surface area contributed by atoms with Gasteiger partial charge in [0.05, 0.1) is 7.11 Å². The average molecular weight is 319 g/mol. The lowest BCUT2D eigenvalue weighted by molar-refractivity contribution is 0.117. The first-order valence-electron chi connectivity index (χ1n) is 9.24. The molecule has 2 bridgehead atoms. The predicted molar refractivity (Wildman–Crippen MR) is 96.8 cm³/mol. The molecule has 1 aliphatic heterocycles. The van der Waals surface area contributed by atoms with E-state index in [1.807, 2.05) is 0 Å². The van der Waals surface area contributed by atoms with Gasteiger partial charge in [0.1, 0.15) is 5.75 Å². The van der Waals surface area contributed by atoms with Crippen LogP contribution in [0.1, 0.15) is 53.7 Å². The lowest BCUT2D eigenvalue weighted by atomic mass is 9.49. The molecular weight excluding hydrogens is 294 g/mol. The molecule has 2 aromatic rings. The highest BCUT2D eigenvalue weighted by Crippen LogP contribution is 2.65. The minimum atomic E-state index is 0.502. The SMILES string of the molecule is COc1ccc([C@H]2C[C@@H]3c4ccccc4[C@H]2C[C@@]32CCNC2)cc1. The summed E-state index contributed by atoms with van der Waals surface area (Å²) in [6.07, 6.45) is 3.99. The third kappa shape index (κ3) is 1.99. The summed E-state index contributed by atoms with van der Waals surface area (Å²) >= 11 is 0. The maximum atomic E-state index is 5.34. The van der Waals surface area contributed by atoms with Gasteiger partial charge in [0.15, 0.2) is 0 Å². The van der Waals surface area contributed by atoms with E-state index >= 15 is 0 Å². The molecule has 0 radical (unpaired) electrons. The zero-order valence-corrected chi connectivity index (χ0v) is 14.3. The first-order chi connectivity index (χ1) is 11.8. The van der Waals surface area contributed by atoms with Crippen LogP contribution >= 0.6 is 0 Å². The molecular formula is C22H25NO. The number of methoxy groups -OCH3 is 1. The number of nitrogens with one attached hydrogen (secondary N) is 1. The molecule has 4 aliphatic rings. The van der Waals surface area contributed by atoms with Gasteiger partial charge in [-0.3, -0.25) is 0 Å². The van der Waals surface area contributed by atoms with Crippen LogP contribution in [0.5, 0.6) is 5.75 Å². The Bertz CT molecular complexity index is 745. The van der Waals surface area contributed by atoms with E-state index in [2.05, 4.69) is 53.8 Å². The van der Waals surface area contributed by atoms with E-state index in [0.29, 0.717) is 23.2 Å². The highest BCUT2D eigenvalue weighted by molar-refractivity contribution is 5.46. The van der Waals surface area contributed by atoms with Crippen molar-refractivity contribution < 1.29 is 4.74 Å². The van der Waals surface area contributed by atoms with Crippen LogP contribution in [0.15, 0.2) is 48.5 Å². The lowest BCUT2D eigenvalue weighted by Crippen LogP contribution is -2.44. The Morgan fingerprint density at radius 2 is 1.79 bits per heavy atom. The fraction of sp³-hybridized carbons (Fsp3) is 0.455. The smallest absolute Gasteiger partial charge is 0.118 e. The monoisotopic (exact) mass is 319 g/mol. The molecule has 1 spiro atoms. The van der Waals surface area contributed by atoms with Gasteiger partial charge in [-0.05, 0) is 77.8 Å². The number of rotatable bonds is 2. The second kappa shape index (κ2) is 5.35. The zero-order valence-electron chi connectivity index (χ0n) is 14.3. The van der Waals surface area contributed by atoms with Crippen molar-refractivity contribution >= 4 is 0 Å². The van der Waals surface area contributed by atoms with E-state index in [1.165, 1.54) is 37.9 Å². The maximum absolute atomic E-state index is 5.34. The second-order valence-electron chi connectivity index (χ2n) is 7.90. The van der Waals surface area contributed by atoms with Gasteiger partial charge in [0, 0.05) is 6.54 Å². The molecule has 2 nitrogen and oxygen atoms in total. The third-order valence-electron chi connectivity index (χ3n) is 6.93. The van der Waals surface area contributed by atoms with Crippen LogP contribution in [0.3, 0.4) is 0 Å². The highest BCUT2D eigenvalue weighted by Gasteiger charge is 2.54. The first kappa shape index (κ1) is 14.5. The third-order valence-corrected chi connectivity index (χ3v) is 6.93. The Morgan fingerprint density at radius 3 is 2.50 bits per heavy atom. The molecule has 6 rings (SSSR count). The molecule has 1 heterocycles. The van der Waals surface area contributed by atoms with Crippen molar-refractivity contribution in [1.29, 1.82) is 0 Å². The van der Waals surface area contributed by atoms with Crippen LogP contribution in [0.2, 0.25) is 0 Å². The molecule has 0 amide bonds. The molecule has 124 valence electrons. The normalized spacial score (nSPS) is 33.6. The largest absolute Gasteiger partial charge is 0.497 e. The minimum absolute atomic E-state index is 0.502. The topological polar surface area (TPSA) is 21.3 Å². The van der Waals surface area contributed by atoms with Crippen molar-refractivity contribution in [3.8, 4) is 5.75 Å². The van der Waals surface area contributed by atoms with Crippen molar-refractivity contribution in [3.63, 3.8) is 0 Å². The molecule has 2 heteroatoms. The number of hydrogen-bond donors (Lipinski definition) is 1. The summed E-state index contributed by atoms with van der Waals surface area (Å²) in [5.41, 5.74) is 5.25. The van der Waals surface area contributed by atoms with Crippen molar-refractivity contribution in [2.45, 2.75) is 37.0 Å². The molecule has 0 aromatic heterocycles.